The van der Waals surface area contributed by atoms with E-state index >= 15 is 0 Å². The average Bonchev–Trinajstić information content (AvgIpc) is 2.36. The van der Waals surface area contributed by atoms with Crippen LogP contribution in [-0.4, -0.2) is 38.8 Å². The predicted octanol–water partition coefficient (Wildman–Crippen LogP) is 1.48. The summed E-state index contributed by atoms with van der Waals surface area (Å²) in [5.74, 6) is -0.00285. The quantitative estimate of drug-likeness (QED) is 0.561. The molecule has 0 aliphatic carbocycles. The van der Waals surface area contributed by atoms with Crippen LogP contribution in [0.5, 0.6) is 0 Å². The largest absolute Gasteiger partial charge is 0.378 e. The fourth-order valence-electron chi connectivity index (χ4n) is 1.47. The zero-order valence-corrected chi connectivity index (χ0v) is 11.1. The number of nitrogens with two attached hydrogens (primary N) is 1. The molecule has 4 heteroatoms. The molecule has 0 unspecified atom stereocenters. The molecule has 0 aliphatic heterocycles. The van der Waals surface area contributed by atoms with Crippen molar-refractivity contribution < 1.29 is 14.3 Å². The SMILES string of the molecule is Cc1ccc(C(=O)COCCOCCN)cc1C. The van der Waals surface area contributed by atoms with Gasteiger partial charge in [0.15, 0.2) is 5.78 Å². The topological polar surface area (TPSA) is 61.5 Å². The Morgan fingerprint density at radius 1 is 1.11 bits per heavy atom. The molecule has 1 aromatic carbocycles. The molecule has 0 aliphatic rings. The summed E-state index contributed by atoms with van der Waals surface area (Å²) in [4.78, 5) is 11.8. The molecule has 0 fully saturated rings. The Kier molecular flexibility index (Phi) is 6.57. The lowest BCUT2D eigenvalue weighted by molar-refractivity contribution is 0.0460. The monoisotopic (exact) mass is 251 g/mol. The van der Waals surface area contributed by atoms with E-state index in [2.05, 4.69) is 0 Å². The zero-order valence-electron chi connectivity index (χ0n) is 11.1. The maximum Gasteiger partial charge on any atom is 0.188 e. The Morgan fingerprint density at radius 3 is 2.50 bits per heavy atom. The van der Waals surface area contributed by atoms with E-state index in [1.807, 2.05) is 32.0 Å². The molecule has 0 saturated carbocycles. The van der Waals surface area contributed by atoms with Crippen LogP contribution in [0.25, 0.3) is 0 Å². The Balaban J connectivity index is 2.30. The van der Waals surface area contributed by atoms with Crippen molar-refractivity contribution >= 4 is 5.78 Å². The van der Waals surface area contributed by atoms with Crippen molar-refractivity contribution in [1.29, 1.82) is 0 Å². The number of benzene rings is 1. The molecule has 0 atom stereocenters. The lowest BCUT2D eigenvalue weighted by atomic mass is 10.0. The molecule has 18 heavy (non-hydrogen) atoms. The molecule has 2 N–H and O–H groups in total. The third kappa shape index (κ3) is 4.96. The van der Waals surface area contributed by atoms with E-state index in [-0.39, 0.29) is 12.4 Å². The lowest BCUT2D eigenvalue weighted by Gasteiger charge is -2.06. The van der Waals surface area contributed by atoms with Crippen LogP contribution in [0.2, 0.25) is 0 Å². The highest BCUT2D eigenvalue weighted by molar-refractivity contribution is 5.97. The smallest absolute Gasteiger partial charge is 0.188 e. The van der Waals surface area contributed by atoms with Crippen LogP contribution in [0.1, 0.15) is 21.5 Å². The average molecular weight is 251 g/mol. The molecule has 0 radical (unpaired) electrons. The minimum absolute atomic E-state index is 0.00285. The fraction of sp³-hybridized carbons (Fsp3) is 0.500. The van der Waals surface area contributed by atoms with Crippen LogP contribution < -0.4 is 5.73 Å². The molecule has 100 valence electrons. The molecule has 0 aromatic heterocycles. The first kappa shape index (κ1) is 14.8. The van der Waals surface area contributed by atoms with Gasteiger partial charge in [-0.05, 0) is 31.0 Å². The molecule has 0 saturated heterocycles. The Labute approximate surface area is 108 Å². The van der Waals surface area contributed by atoms with Crippen molar-refractivity contribution in [3.8, 4) is 0 Å². The van der Waals surface area contributed by atoms with Crippen LogP contribution in [0.3, 0.4) is 0 Å². The van der Waals surface area contributed by atoms with Crippen molar-refractivity contribution in [2.24, 2.45) is 5.73 Å². The first-order valence-electron chi connectivity index (χ1n) is 6.11. The standard InChI is InChI=1S/C14H21NO3/c1-11-3-4-13(9-12(11)2)14(16)10-18-8-7-17-6-5-15/h3-4,9H,5-8,10,15H2,1-2H3. The van der Waals surface area contributed by atoms with E-state index in [1.165, 1.54) is 5.56 Å². The highest BCUT2D eigenvalue weighted by Crippen LogP contribution is 2.10. The van der Waals surface area contributed by atoms with Crippen LogP contribution in [0, 0.1) is 13.8 Å². The highest BCUT2D eigenvalue weighted by atomic mass is 16.5. The first-order chi connectivity index (χ1) is 8.65. The van der Waals surface area contributed by atoms with Gasteiger partial charge in [-0.1, -0.05) is 12.1 Å². The van der Waals surface area contributed by atoms with Gasteiger partial charge in [-0.2, -0.15) is 0 Å². The maximum absolute atomic E-state index is 11.8. The number of carbonyl (C=O) groups excluding carboxylic acids is 1. The lowest BCUT2D eigenvalue weighted by Crippen LogP contribution is -2.15. The van der Waals surface area contributed by atoms with E-state index in [9.17, 15) is 4.79 Å². The van der Waals surface area contributed by atoms with E-state index in [1.54, 1.807) is 0 Å². The van der Waals surface area contributed by atoms with Crippen LogP contribution in [0.4, 0.5) is 0 Å². The van der Waals surface area contributed by atoms with Gasteiger partial charge in [-0.15, -0.1) is 0 Å². The van der Waals surface area contributed by atoms with Gasteiger partial charge in [0, 0.05) is 12.1 Å². The second-order valence-electron chi connectivity index (χ2n) is 4.18. The van der Waals surface area contributed by atoms with E-state index in [0.717, 1.165) is 5.56 Å². The molecule has 1 aromatic rings. The van der Waals surface area contributed by atoms with Gasteiger partial charge in [0.1, 0.15) is 6.61 Å². The van der Waals surface area contributed by atoms with E-state index < -0.39 is 0 Å². The number of hydrogen-bond donors (Lipinski definition) is 1. The second kappa shape index (κ2) is 7.97. The summed E-state index contributed by atoms with van der Waals surface area (Å²) in [5.41, 5.74) is 8.27. The van der Waals surface area contributed by atoms with Crippen molar-refractivity contribution in [1.82, 2.24) is 0 Å². The number of hydrogen-bond acceptors (Lipinski definition) is 4. The van der Waals surface area contributed by atoms with Gasteiger partial charge in [-0.25, -0.2) is 0 Å². The minimum atomic E-state index is -0.00285. The van der Waals surface area contributed by atoms with E-state index in [4.69, 9.17) is 15.2 Å². The summed E-state index contributed by atoms with van der Waals surface area (Å²) in [6, 6.07) is 5.68. The number of carbonyl (C=O) groups is 1. The third-order valence-corrected chi connectivity index (χ3v) is 2.70. The number of ether oxygens (including phenoxy) is 2. The van der Waals surface area contributed by atoms with Crippen LogP contribution in [0.15, 0.2) is 18.2 Å². The van der Waals surface area contributed by atoms with E-state index in [0.29, 0.717) is 31.9 Å². The summed E-state index contributed by atoms with van der Waals surface area (Å²) < 4.78 is 10.4. The van der Waals surface area contributed by atoms with Crippen LogP contribution in [-0.2, 0) is 9.47 Å². The molecule has 0 bridgehead atoms. The minimum Gasteiger partial charge on any atom is -0.378 e. The number of ketones is 1. The molecule has 0 spiro atoms. The van der Waals surface area contributed by atoms with Gasteiger partial charge in [-0.3, -0.25) is 4.79 Å². The van der Waals surface area contributed by atoms with Gasteiger partial charge in [0.05, 0.1) is 19.8 Å². The van der Waals surface area contributed by atoms with Gasteiger partial charge in [0.25, 0.3) is 0 Å². The fourth-order valence-corrected chi connectivity index (χ4v) is 1.47. The van der Waals surface area contributed by atoms with Gasteiger partial charge in [0.2, 0.25) is 0 Å². The van der Waals surface area contributed by atoms with Crippen molar-refractivity contribution in [3.05, 3.63) is 34.9 Å². The summed E-state index contributed by atoms with van der Waals surface area (Å²) in [6.45, 7) is 6.01. The molecular weight excluding hydrogens is 230 g/mol. The normalized spacial score (nSPS) is 10.6. The molecular formula is C14H21NO3. The summed E-state index contributed by atoms with van der Waals surface area (Å²) >= 11 is 0. The van der Waals surface area contributed by atoms with Gasteiger partial charge >= 0.3 is 0 Å². The van der Waals surface area contributed by atoms with Crippen molar-refractivity contribution in [3.63, 3.8) is 0 Å². The van der Waals surface area contributed by atoms with Gasteiger partial charge < -0.3 is 15.2 Å². The Hall–Kier alpha value is -1.23. The van der Waals surface area contributed by atoms with Crippen molar-refractivity contribution in [2.75, 3.05) is 33.0 Å². The number of aryl methyl sites for hydroxylation is 2. The molecule has 0 heterocycles. The first-order valence-corrected chi connectivity index (χ1v) is 6.11. The number of Topliss-reactive ketones (excluding diaryl/α,β-unsaturated/α-hetero) is 1. The maximum atomic E-state index is 11.8. The van der Waals surface area contributed by atoms with Crippen molar-refractivity contribution in [2.45, 2.75) is 13.8 Å². The second-order valence-corrected chi connectivity index (χ2v) is 4.18. The molecule has 0 amide bonds. The van der Waals surface area contributed by atoms with Crippen LogP contribution >= 0.6 is 0 Å². The summed E-state index contributed by atoms with van der Waals surface area (Å²) in [7, 11) is 0. The number of rotatable bonds is 8. The molecule has 1 rings (SSSR count). The third-order valence-electron chi connectivity index (χ3n) is 2.70. The predicted molar refractivity (Wildman–Crippen MR) is 70.9 cm³/mol. The molecule has 4 nitrogen and oxygen atoms in total. The highest BCUT2D eigenvalue weighted by Gasteiger charge is 2.06. The summed E-state index contributed by atoms with van der Waals surface area (Å²) in [6.07, 6.45) is 0. The Bertz CT molecular complexity index is 391. The zero-order chi connectivity index (χ0) is 13.4. The summed E-state index contributed by atoms with van der Waals surface area (Å²) in [5, 5.41) is 0. The Morgan fingerprint density at radius 2 is 1.83 bits per heavy atom.